The third-order valence-corrected chi connectivity index (χ3v) is 6.73. The smallest absolute Gasteiger partial charge is 0.226 e. The first-order valence-electron chi connectivity index (χ1n) is 11.7. The summed E-state index contributed by atoms with van der Waals surface area (Å²) in [7, 11) is 0. The largest absolute Gasteiger partial charge is 0.491 e. The summed E-state index contributed by atoms with van der Waals surface area (Å²) in [4.78, 5) is 9.38. The molecule has 0 aliphatic heterocycles. The highest BCUT2D eigenvalue weighted by Crippen LogP contribution is 2.31. The Hall–Kier alpha value is -3.58. The van der Waals surface area contributed by atoms with Crippen molar-refractivity contribution in [1.29, 1.82) is 0 Å². The van der Waals surface area contributed by atoms with Crippen LogP contribution in [-0.2, 0) is 5.75 Å². The monoisotopic (exact) mass is 484 g/mol. The van der Waals surface area contributed by atoms with Gasteiger partial charge in [-0.05, 0) is 70.5 Å². The lowest BCUT2D eigenvalue weighted by Gasteiger charge is -2.09. The molecule has 0 amide bonds. The van der Waals surface area contributed by atoms with Crippen molar-refractivity contribution in [2.45, 2.75) is 51.5 Å². The van der Waals surface area contributed by atoms with Crippen LogP contribution < -0.4 is 4.74 Å². The first kappa shape index (κ1) is 23.2. The highest BCUT2D eigenvalue weighted by atomic mass is 32.2. The van der Waals surface area contributed by atoms with Gasteiger partial charge in [0.2, 0.25) is 5.89 Å². The molecule has 0 unspecified atom stereocenters. The van der Waals surface area contributed by atoms with E-state index in [1.54, 1.807) is 18.0 Å². The first-order valence-corrected chi connectivity index (χ1v) is 12.6. The Morgan fingerprint density at radius 2 is 1.83 bits per heavy atom. The second-order valence-corrected chi connectivity index (χ2v) is 9.88. The van der Waals surface area contributed by atoms with Gasteiger partial charge in [-0.1, -0.05) is 35.5 Å². The van der Waals surface area contributed by atoms with Crippen molar-refractivity contribution >= 4 is 17.3 Å². The average molecular weight is 485 g/mol. The Kier molecular flexibility index (Phi) is 6.34. The number of aryl methyl sites for hydroxylation is 3. The van der Waals surface area contributed by atoms with Gasteiger partial charge in [0.05, 0.1) is 23.0 Å². The third-order valence-electron chi connectivity index (χ3n) is 5.72. The van der Waals surface area contributed by atoms with Crippen molar-refractivity contribution in [3.8, 4) is 28.5 Å². The van der Waals surface area contributed by atoms with Crippen LogP contribution in [0.3, 0.4) is 0 Å². The van der Waals surface area contributed by atoms with Crippen LogP contribution in [0.2, 0.25) is 0 Å². The van der Waals surface area contributed by atoms with Crippen LogP contribution >= 0.6 is 11.8 Å². The topological polar surface area (TPSA) is 65.5 Å². The van der Waals surface area contributed by atoms with Crippen molar-refractivity contribution in [1.82, 2.24) is 19.6 Å². The number of hydrogen-bond acceptors (Lipinski definition) is 6. The maximum absolute atomic E-state index is 5.98. The molecule has 5 rings (SSSR count). The first-order chi connectivity index (χ1) is 16.9. The van der Waals surface area contributed by atoms with Crippen LogP contribution in [0.4, 0.5) is 0 Å². The molecule has 3 heterocycles. The molecule has 7 heteroatoms. The van der Waals surface area contributed by atoms with Gasteiger partial charge in [0.25, 0.3) is 0 Å². The standard InChI is InChI=1S/C28H28N4O2S/c1-17(2)33-22-9-7-21(8-10-22)27-30-25(20(5)34-27)16-35-28-26-15-24(31-32(26)13-12-29-28)23-11-6-18(3)14-19(23)4/h6-15,17H,16H2,1-5H3. The fourth-order valence-corrected chi connectivity index (χ4v) is 4.99. The minimum atomic E-state index is 0.138. The van der Waals surface area contributed by atoms with Gasteiger partial charge in [0.1, 0.15) is 16.5 Å². The van der Waals surface area contributed by atoms with Gasteiger partial charge in [0.15, 0.2) is 0 Å². The van der Waals surface area contributed by atoms with E-state index in [1.807, 2.05) is 55.7 Å². The van der Waals surface area contributed by atoms with E-state index < -0.39 is 0 Å². The molecule has 178 valence electrons. The van der Waals surface area contributed by atoms with E-state index in [2.05, 4.69) is 43.1 Å². The summed E-state index contributed by atoms with van der Waals surface area (Å²) in [6.45, 7) is 10.2. The number of hydrogen-bond donors (Lipinski definition) is 0. The number of ether oxygens (including phenoxy) is 1. The lowest BCUT2D eigenvalue weighted by Crippen LogP contribution is -2.05. The summed E-state index contributed by atoms with van der Waals surface area (Å²) in [5, 5.41) is 5.71. The predicted octanol–water partition coefficient (Wildman–Crippen LogP) is 7.06. The summed E-state index contributed by atoms with van der Waals surface area (Å²) in [5.74, 6) is 2.91. The molecule has 0 bridgehead atoms. The van der Waals surface area contributed by atoms with Gasteiger partial charge in [-0.2, -0.15) is 5.10 Å². The second-order valence-electron chi connectivity index (χ2n) is 8.91. The van der Waals surface area contributed by atoms with Crippen LogP contribution in [-0.4, -0.2) is 25.7 Å². The Labute approximate surface area is 209 Å². The van der Waals surface area contributed by atoms with E-state index in [0.29, 0.717) is 11.6 Å². The minimum Gasteiger partial charge on any atom is -0.491 e. The molecular weight excluding hydrogens is 456 g/mol. The van der Waals surface area contributed by atoms with E-state index in [4.69, 9.17) is 19.2 Å². The molecule has 0 aliphatic carbocycles. The maximum atomic E-state index is 5.98. The number of benzene rings is 2. The molecule has 6 nitrogen and oxygen atoms in total. The van der Waals surface area contributed by atoms with E-state index in [9.17, 15) is 0 Å². The molecule has 0 atom stereocenters. The van der Waals surface area contributed by atoms with E-state index >= 15 is 0 Å². The number of nitrogens with zero attached hydrogens (tertiary/aromatic N) is 4. The zero-order valence-electron chi connectivity index (χ0n) is 20.6. The highest BCUT2D eigenvalue weighted by molar-refractivity contribution is 7.98. The van der Waals surface area contributed by atoms with Crippen molar-refractivity contribution in [2.24, 2.45) is 0 Å². The molecule has 0 aliphatic rings. The van der Waals surface area contributed by atoms with Crippen LogP contribution in [0.1, 0.15) is 36.4 Å². The number of thioether (sulfide) groups is 1. The summed E-state index contributed by atoms with van der Waals surface area (Å²) >= 11 is 1.64. The third kappa shape index (κ3) is 4.95. The van der Waals surface area contributed by atoms with Gasteiger partial charge in [-0.25, -0.2) is 14.5 Å². The fourth-order valence-electron chi connectivity index (χ4n) is 4.01. The summed E-state index contributed by atoms with van der Waals surface area (Å²) in [5.41, 5.74) is 7.36. The molecule has 5 aromatic rings. The maximum Gasteiger partial charge on any atom is 0.226 e. The number of oxazole rings is 1. The van der Waals surface area contributed by atoms with E-state index in [-0.39, 0.29) is 6.10 Å². The predicted molar refractivity (Wildman–Crippen MR) is 140 cm³/mol. The second kappa shape index (κ2) is 9.58. The molecule has 0 saturated heterocycles. The molecular formula is C28H28N4O2S. The lowest BCUT2D eigenvalue weighted by molar-refractivity contribution is 0.242. The van der Waals surface area contributed by atoms with Crippen molar-refractivity contribution < 1.29 is 9.15 Å². The van der Waals surface area contributed by atoms with Crippen molar-refractivity contribution in [3.05, 3.63) is 83.5 Å². The molecule has 0 spiro atoms. The molecule has 3 aromatic heterocycles. The van der Waals surface area contributed by atoms with Crippen molar-refractivity contribution in [2.75, 3.05) is 0 Å². The number of rotatable bonds is 7. The van der Waals surface area contributed by atoms with Gasteiger partial charge in [-0.15, -0.1) is 0 Å². The number of aromatic nitrogens is 4. The molecule has 0 N–H and O–H groups in total. The van der Waals surface area contributed by atoms with Gasteiger partial charge in [0, 0.05) is 29.3 Å². The van der Waals surface area contributed by atoms with Crippen LogP contribution in [0, 0.1) is 20.8 Å². The summed E-state index contributed by atoms with van der Waals surface area (Å²) in [6.07, 6.45) is 3.81. The Balaban J connectivity index is 1.36. The summed E-state index contributed by atoms with van der Waals surface area (Å²) in [6, 6.07) is 16.4. The van der Waals surface area contributed by atoms with Gasteiger partial charge in [-0.3, -0.25) is 0 Å². The molecule has 35 heavy (non-hydrogen) atoms. The lowest BCUT2D eigenvalue weighted by atomic mass is 10.0. The Morgan fingerprint density at radius 3 is 2.57 bits per heavy atom. The Morgan fingerprint density at radius 1 is 1.03 bits per heavy atom. The summed E-state index contributed by atoms with van der Waals surface area (Å²) < 4.78 is 13.6. The van der Waals surface area contributed by atoms with E-state index in [1.165, 1.54) is 11.1 Å². The quantitative estimate of drug-likeness (QED) is 0.231. The van der Waals surface area contributed by atoms with E-state index in [0.717, 1.165) is 44.6 Å². The SMILES string of the molecule is Cc1ccc(-c2cc3c(SCc4nc(-c5ccc(OC(C)C)cc5)oc4C)nccn3n2)c(C)c1. The Bertz CT molecular complexity index is 1490. The molecule has 0 radical (unpaired) electrons. The molecule has 0 fully saturated rings. The normalized spacial score (nSPS) is 11.5. The van der Waals surface area contributed by atoms with Crippen molar-refractivity contribution in [3.63, 3.8) is 0 Å². The van der Waals surface area contributed by atoms with Crippen LogP contribution in [0.15, 0.2) is 70.4 Å². The molecule has 2 aromatic carbocycles. The van der Waals surface area contributed by atoms with Gasteiger partial charge >= 0.3 is 0 Å². The number of fused-ring (bicyclic) bond motifs is 1. The minimum absolute atomic E-state index is 0.138. The highest BCUT2D eigenvalue weighted by Gasteiger charge is 2.15. The van der Waals surface area contributed by atoms with Crippen LogP contribution in [0.5, 0.6) is 5.75 Å². The molecule has 0 saturated carbocycles. The zero-order valence-corrected chi connectivity index (χ0v) is 21.4. The zero-order chi connectivity index (χ0) is 24.5. The average Bonchev–Trinajstić information content (AvgIpc) is 3.41. The van der Waals surface area contributed by atoms with Crippen LogP contribution in [0.25, 0.3) is 28.2 Å². The fraction of sp³-hybridized carbons (Fsp3) is 0.250. The van der Waals surface area contributed by atoms with Gasteiger partial charge < -0.3 is 9.15 Å².